The molecule has 0 aromatic heterocycles. The molecule has 0 heterocycles. The van der Waals surface area contributed by atoms with E-state index in [2.05, 4.69) is 30.3 Å². The molecule has 21 heavy (non-hydrogen) atoms. The summed E-state index contributed by atoms with van der Waals surface area (Å²) in [4.78, 5) is 0. The summed E-state index contributed by atoms with van der Waals surface area (Å²) >= 11 is 12.1. The highest BCUT2D eigenvalue weighted by Crippen LogP contribution is 2.41. The van der Waals surface area contributed by atoms with Gasteiger partial charge in [0.1, 0.15) is 0 Å². The molecule has 0 fully saturated rings. The minimum atomic E-state index is 0.148. The zero-order chi connectivity index (χ0) is 15.4. The molecule has 0 aliphatic heterocycles. The first kappa shape index (κ1) is 16.4. The van der Waals surface area contributed by atoms with Gasteiger partial charge in [-0.1, -0.05) is 67.4 Å². The average molecular weight is 322 g/mol. The van der Waals surface area contributed by atoms with Crippen molar-refractivity contribution in [2.24, 2.45) is 5.73 Å². The van der Waals surface area contributed by atoms with Crippen LogP contribution in [-0.2, 0) is 0 Å². The highest BCUT2D eigenvalue weighted by Gasteiger charge is 2.26. The first-order chi connectivity index (χ1) is 10.2. The molecule has 0 spiro atoms. The summed E-state index contributed by atoms with van der Waals surface area (Å²) in [6, 6.07) is 14.5. The van der Waals surface area contributed by atoms with Crippen LogP contribution in [0.3, 0.4) is 0 Å². The Kier molecular flexibility index (Phi) is 5.69. The van der Waals surface area contributed by atoms with Crippen molar-refractivity contribution in [3.05, 3.63) is 69.2 Å². The van der Waals surface area contributed by atoms with E-state index in [9.17, 15) is 0 Å². The second kappa shape index (κ2) is 7.31. The first-order valence-corrected chi connectivity index (χ1v) is 8.22. The second-order valence-corrected chi connectivity index (χ2v) is 5.85. The third kappa shape index (κ3) is 3.42. The van der Waals surface area contributed by atoms with E-state index in [4.69, 9.17) is 28.9 Å². The van der Waals surface area contributed by atoms with E-state index in [0.717, 1.165) is 12.8 Å². The van der Waals surface area contributed by atoms with Gasteiger partial charge in [0.05, 0.1) is 10.0 Å². The lowest BCUT2D eigenvalue weighted by molar-refractivity contribution is 0.530. The molecule has 2 aromatic rings. The molecule has 3 rings (SSSR count). The summed E-state index contributed by atoms with van der Waals surface area (Å²) in [6.07, 6.45) is 2.05. The maximum absolute atomic E-state index is 6.19. The van der Waals surface area contributed by atoms with Gasteiger partial charge in [0, 0.05) is 12.0 Å². The number of hydrogen-bond donors (Lipinski definition) is 1. The van der Waals surface area contributed by atoms with Crippen LogP contribution in [0.1, 0.15) is 55.3 Å². The molecule has 0 saturated heterocycles. The number of halogens is 2. The quantitative estimate of drug-likeness (QED) is 0.690. The lowest BCUT2D eigenvalue weighted by atomic mass is 9.77. The summed E-state index contributed by atoms with van der Waals surface area (Å²) in [5.74, 6) is 0.366. The minimum Gasteiger partial charge on any atom is -0.324 e. The van der Waals surface area contributed by atoms with Crippen molar-refractivity contribution in [1.82, 2.24) is 0 Å². The maximum atomic E-state index is 6.19. The Morgan fingerprint density at radius 1 is 0.905 bits per heavy atom. The number of rotatable bonds is 1. The number of fused-ring (bicyclic) bond motifs is 1. The van der Waals surface area contributed by atoms with Gasteiger partial charge in [0.15, 0.2) is 0 Å². The Balaban J connectivity index is 0.000000774. The van der Waals surface area contributed by atoms with Crippen molar-refractivity contribution >= 4 is 23.2 Å². The molecular formula is C18H21Cl2N. The molecule has 1 aliphatic carbocycles. The number of benzene rings is 2. The van der Waals surface area contributed by atoms with E-state index in [0.29, 0.717) is 16.0 Å². The molecule has 112 valence electrons. The van der Waals surface area contributed by atoms with Crippen molar-refractivity contribution in [2.45, 2.75) is 38.6 Å². The fourth-order valence-corrected chi connectivity index (χ4v) is 3.21. The van der Waals surface area contributed by atoms with Crippen LogP contribution in [0.25, 0.3) is 0 Å². The normalized spacial score (nSPS) is 20.2. The monoisotopic (exact) mass is 321 g/mol. The zero-order valence-corrected chi connectivity index (χ0v) is 14.0. The molecule has 0 saturated carbocycles. The Bertz CT molecular complexity index is 610. The van der Waals surface area contributed by atoms with Crippen LogP contribution < -0.4 is 5.73 Å². The van der Waals surface area contributed by atoms with Crippen molar-refractivity contribution < 1.29 is 0 Å². The van der Waals surface area contributed by atoms with Crippen molar-refractivity contribution in [2.75, 3.05) is 0 Å². The summed E-state index contributed by atoms with van der Waals surface area (Å²) < 4.78 is 0. The van der Waals surface area contributed by atoms with Crippen molar-refractivity contribution in [3.8, 4) is 0 Å². The van der Waals surface area contributed by atoms with Crippen molar-refractivity contribution in [3.63, 3.8) is 0 Å². The van der Waals surface area contributed by atoms with E-state index in [1.165, 1.54) is 16.7 Å². The molecular weight excluding hydrogens is 301 g/mol. The van der Waals surface area contributed by atoms with Gasteiger partial charge in [0.2, 0.25) is 0 Å². The van der Waals surface area contributed by atoms with E-state index in [1.54, 1.807) is 0 Å². The Morgan fingerprint density at radius 2 is 1.57 bits per heavy atom. The number of nitrogens with two attached hydrogens (primary N) is 1. The van der Waals surface area contributed by atoms with E-state index >= 15 is 0 Å². The Labute approximate surface area is 137 Å². The largest absolute Gasteiger partial charge is 0.324 e. The summed E-state index contributed by atoms with van der Waals surface area (Å²) in [7, 11) is 0. The van der Waals surface area contributed by atoms with Crippen LogP contribution in [-0.4, -0.2) is 0 Å². The summed E-state index contributed by atoms with van der Waals surface area (Å²) in [6.45, 7) is 4.00. The van der Waals surface area contributed by atoms with Gasteiger partial charge in [-0.25, -0.2) is 0 Å². The zero-order valence-electron chi connectivity index (χ0n) is 12.4. The molecule has 0 radical (unpaired) electrons. The first-order valence-electron chi connectivity index (χ1n) is 7.46. The van der Waals surface area contributed by atoms with Crippen molar-refractivity contribution in [1.29, 1.82) is 0 Å². The molecule has 3 heteroatoms. The third-order valence-corrected chi connectivity index (χ3v) is 4.62. The second-order valence-electron chi connectivity index (χ2n) is 5.04. The van der Waals surface area contributed by atoms with Gasteiger partial charge in [-0.2, -0.15) is 0 Å². The summed E-state index contributed by atoms with van der Waals surface area (Å²) in [5.41, 5.74) is 9.98. The van der Waals surface area contributed by atoms with E-state index in [-0.39, 0.29) is 6.04 Å². The van der Waals surface area contributed by atoms with Crippen LogP contribution in [0.4, 0.5) is 0 Å². The van der Waals surface area contributed by atoms with E-state index in [1.807, 2.05) is 26.0 Å². The van der Waals surface area contributed by atoms with Gasteiger partial charge in [-0.05, 0) is 41.7 Å². The molecule has 2 N–H and O–H groups in total. The fraction of sp³-hybridized carbons (Fsp3) is 0.333. The Hall–Kier alpha value is -1.02. The van der Waals surface area contributed by atoms with Gasteiger partial charge in [-0.3, -0.25) is 0 Å². The van der Waals surface area contributed by atoms with Crippen LogP contribution in [0, 0.1) is 0 Å². The summed E-state index contributed by atoms with van der Waals surface area (Å²) in [5, 5.41) is 1.22. The molecule has 1 nitrogen and oxygen atoms in total. The fourth-order valence-electron chi connectivity index (χ4n) is 2.90. The average Bonchev–Trinajstić information content (AvgIpc) is 2.53. The van der Waals surface area contributed by atoms with Gasteiger partial charge < -0.3 is 5.73 Å². The molecule has 2 unspecified atom stereocenters. The third-order valence-electron chi connectivity index (χ3n) is 3.88. The molecule has 1 aliphatic rings. The topological polar surface area (TPSA) is 26.0 Å². The smallest absolute Gasteiger partial charge is 0.0595 e. The SMILES string of the molecule is CC.NC1CCC(c2ccc(Cl)c(Cl)c2)c2ccccc21. The lowest BCUT2D eigenvalue weighted by Gasteiger charge is -2.30. The van der Waals surface area contributed by atoms with Gasteiger partial charge >= 0.3 is 0 Å². The van der Waals surface area contributed by atoms with Gasteiger partial charge in [0.25, 0.3) is 0 Å². The molecule has 0 amide bonds. The van der Waals surface area contributed by atoms with Crippen LogP contribution in [0.15, 0.2) is 42.5 Å². The maximum Gasteiger partial charge on any atom is 0.0595 e. The standard InChI is InChI=1S/C16H15Cl2N.C2H6/c17-14-7-5-10(9-15(14)18)11-6-8-16(19)13-4-2-1-3-12(11)13;1-2/h1-5,7,9,11,16H,6,8,19H2;1-2H3. The van der Waals surface area contributed by atoms with E-state index < -0.39 is 0 Å². The molecule has 2 atom stereocenters. The van der Waals surface area contributed by atoms with Crippen LogP contribution >= 0.6 is 23.2 Å². The molecule has 2 aromatic carbocycles. The predicted molar refractivity (Wildman–Crippen MR) is 92.3 cm³/mol. The lowest BCUT2D eigenvalue weighted by Crippen LogP contribution is -2.20. The minimum absolute atomic E-state index is 0.148. The number of hydrogen-bond acceptors (Lipinski definition) is 1. The highest BCUT2D eigenvalue weighted by molar-refractivity contribution is 6.42. The Morgan fingerprint density at radius 3 is 2.24 bits per heavy atom. The predicted octanol–water partition coefficient (Wildman–Crippen LogP) is 5.95. The molecule has 0 bridgehead atoms. The van der Waals surface area contributed by atoms with Crippen LogP contribution in [0.2, 0.25) is 10.0 Å². The van der Waals surface area contributed by atoms with Crippen LogP contribution in [0.5, 0.6) is 0 Å². The van der Waals surface area contributed by atoms with Gasteiger partial charge in [-0.15, -0.1) is 0 Å². The highest BCUT2D eigenvalue weighted by atomic mass is 35.5.